The lowest BCUT2D eigenvalue weighted by Gasteiger charge is -2.12. The minimum Gasteiger partial charge on any atom is -0.480 e. The lowest BCUT2D eigenvalue weighted by Crippen LogP contribution is -2.19. The molecule has 20 heavy (non-hydrogen) atoms. The van der Waals surface area contributed by atoms with E-state index >= 15 is 0 Å². The molecule has 0 amide bonds. The number of rotatable bonds is 5. The zero-order valence-corrected chi connectivity index (χ0v) is 12.8. The van der Waals surface area contributed by atoms with Gasteiger partial charge in [-0.15, -0.1) is 11.8 Å². The van der Waals surface area contributed by atoms with Gasteiger partial charge in [-0.25, -0.2) is 0 Å². The Hall–Kier alpha value is -1.16. The van der Waals surface area contributed by atoms with Crippen LogP contribution in [0.15, 0.2) is 53.4 Å². The van der Waals surface area contributed by atoms with Crippen molar-refractivity contribution in [2.75, 3.05) is 0 Å². The molecular weight excluding hydrogens is 315 g/mol. The Bertz CT molecular complexity index is 602. The van der Waals surface area contributed by atoms with E-state index in [-0.39, 0.29) is 0 Å². The number of aliphatic carboxylic acids is 1. The fourth-order valence-corrected chi connectivity index (χ4v) is 3.06. The summed E-state index contributed by atoms with van der Waals surface area (Å²) in [5, 5.41) is 9.69. The Morgan fingerprint density at radius 3 is 2.40 bits per heavy atom. The van der Waals surface area contributed by atoms with E-state index in [1.165, 1.54) is 11.8 Å². The van der Waals surface area contributed by atoms with Crippen LogP contribution in [0.25, 0.3) is 0 Å². The highest BCUT2D eigenvalue weighted by Crippen LogP contribution is 2.28. The van der Waals surface area contributed by atoms with Crippen molar-refractivity contribution in [3.63, 3.8) is 0 Å². The first-order valence-corrected chi connectivity index (χ1v) is 7.58. The van der Waals surface area contributed by atoms with Crippen molar-refractivity contribution in [1.82, 2.24) is 0 Å². The summed E-state index contributed by atoms with van der Waals surface area (Å²) >= 11 is 13.1. The number of hydrogen-bond acceptors (Lipinski definition) is 2. The van der Waals surface area contributed by atoms with E-state index < -0.39 is 11.2 Å². The van der Waals surface area contributed by atoms with Gasteiger partial charge in [0.1, 0.15) is 5.25 Å². The van der Waals surface area contributed by atoms with E-state index in [0.29, 0.717) is 16.5 Å². The second kappa shape index (κ2) is 7.02. The number of benzene rings is 2. The van der Waals surface area contributed by atoms with Crippen LogP contribution in [0, 0.1) is 0 Å². The molecule has 0 aromatic heterocycles. The van der Waals surface area contributed by atoms with Crippen molar-refractivity contribution < 1.29 is 9.90 Å². The number of halogens is 2. The van der Waals surface area contributed by atoms with E-state index in [0.717, 1.165) is 10.5 Å². The van der Waals surface area contributed by atoms with Gasteiger partial charge in [0.15, 0.2) is 0 Å². The number of carboxylic acid groups (broad SMARTS) is 1. The lowest BCUT2D eigenvalue weighted by molar-refractivity contribution is -0.136. The topological polar surface area (TPSA) is 37.3 Å². The van der Waals surface area contributed by atoms with Gasteiger partial charge < -0.3 is 5.11 Å². The smallest absolute Gasteiger partial charge is 0.317 e. The first-order valence-electron chi connectivity index (χ1n) is 5.94. The number of hydrogen-bond donors (Lipinski definition) is 1. The molecule has 1 atom stereocenters. The molecule has 2 aromatic rings. The molecule has 0 aliphatic rings. The molecule has 0 aliphatic heterocycles. The van der Waals surface area contributed by atoms with E-state index in [4.69, 9.17) is 23.2 Å². The van der Waals surface area contributed by atoms with Gasteiger partial charge in [-0.1, -0.05) is 47.5 Å². The zero-order valence-electron chi connectivity index (χ0n) is 10.4. The fourth-order valence-electron chi connectivity index (χ4n) is 1.72. The summed E-state index contributed by atoms with van der Waals surface area (Å²) in [7, 11) is 0. The molecule has 0 spiro atoms. The molecule has 0 bridgehead atoms. The van der Waals surface area contributed by atoms with Crippen molar-refractivity contribution in [3.05, 3.63) is 64.1 Å². The van der Waals surface area contributed by atoms with Crippen LogP contribution in [0.4, 0.5) is 0 Å². The molecule has 0 heterocycles. The van der Waals surface area contributed by atoms with Crippen LogP contribution >= 0.6 is 35.0 Å². The third-order valence-corrected chi connectivity index (χ3v) is 4.64. The lowest BCUT2D eigenvalue weighted by atomic mass is 10.1. The van der Waals surface area contributed by atoms with Crippen molar-refractivity contribution in [2.24, 2.45) is 0 Å². The Kier molecular flexibility index (Phi) is 5.35. The van der Waals surface area contributed by atoms with E-state index in [1.807, 2.05) is 30.3 Å². The van der Waals surface area contributed by atoms with Gasteiger partial charge in [-0.05, 0) is 36.2 Å². The Labute approximate surface area is 131 Å². The molecule has 2 nitrogen and oxygen atoms in total. The maximum atomic E-state index is 11.4. The Morgan fingerprint density at radius 2 is 1.80 bits per heavy atom. The largest absolute Gasteiger partial charge is 0.480 e. The van der Waals surface area contributed by atoms with E-state index in [2.05, 4.69) is 0 Å². The third-order valence-electron chi connectivity index (χ3n) is 2.70. The summed E-state index contributed by atoms with van der Waals surface area (Å²) < 4.78 is 0. The number of thioether (sulfide) groups is 1. The van der Waals surface area contributed by atoms with Crippen LogP contribution in [0.2, 0.25) is 10.0 Å². The molecule has 104 valence electrons. The second-order valence-electron chi connectivity index (χ2n) is 4.21. The van der Waals surface area contributed by atoms with Gasteiger partial charge in [-0.3, -0.25) is 4.79 Å². The minimum atomic E-state index is -0.843. The van der Waals surface area contributed by atoms with Gasteiger partial charge in [0.2, 0.25) is 0 Å². The average molecular weight is 327 g/mol. The van der Waals surface area contributed by atoms with Crippen molar-refractivity contribution >= 4 is 40.9 Å². The first kappa shape index (κ1) is 15.2. The summed E-state index contributed by atoms with van der Waals surface area (Å²) in [6.07, 6.45) is 0.395. The molecule has 0 saturated heterocycles. The highest BCUT2D eigenvalue weighted by Gasteiger charge is 2.19. The highest BCUT2D eigenvalue weighted by atomic mass is 35.5. The minimum absolute atomic E-state index is 0.395. The quantitative estimate of drug-likeness (QED) is 0.803. The van der Waals surface area contributed by atoms with Crippen LogP contribution in [0.5, 0.6) is 0 Å². The third kappa shape index (κ3) is 4.17. The van der Waals surface area contributed by atoms with E-state index in [1.54, 1.807) is 18.2 Å². The standard InChI is InChI=1S/C15H12Cl2O2S/c16-12-7-6-10(8-13(12)17)9-14(15(18)19)20-11-4-2-1-3-5-11/h1-8,14H,9H2,(H,18,19). The number of carbonyl (C=O) groups is 1. The van der Waals surface area contributed by atoms with Crippen LogP contribution in [0.3, 0.4) is 0 Å². The molecule has 0 fully saturated rings. The van der Waals surface area contributed by atoms with Crippen LogP contribution < -0.4 is 0 Å². The Balaban J connectivity index is 2.13. The molecule has 5 heteroatoms. The van der Waals surface area contributed by atoms with Gasteiger partial charge in [-0.2, -0.15) is 0 Å². The van der Waals surface area contributed by atoms with Gasteiger partial charge in [0.25, 0.3) is 0 Å². The summed E-state index contributed by atoms with van der Waals surface area (Å²) in [5.41, 5.74) is 0.857. The van der Waals surface area contributed by atoms with Crippen molar-refractivity contribution in [3.8, 4) is 0 Å². The predicted octanol–water partition coefficient (Wildman–Crippen LogP) is 4.78. The molecule has 2 rings (SSSR count). The first-order chi connectivity index (χ1) is 9.56. The second-order valence-corrected chi connectivity index (χ2v) is 6.30. The van der Waals surface area contributed by atoms with Gasteiger partial charge >= 0.3 is 5.97 Å². The zero-order chi connectivity index (χ0) is 14.5. The Morgan fingerprint density at radius 1 is 1.10 bits per heavy atom. The molecule has 2 aromatic carbocycles. The highest BCUT2D eigenvalue weighted by molar-refractivity contribution is 8.00. The van der Waals surface area contributed by atoms with Crippen LogP contribution in [0.1, 0.15) is 5.56 Å². The summed E-state index contributed by atoms with van der Waals surface area (Å²) in [4.78, 5) is 12.3. The molecule has 1 unspecified atom stereocenters. The summed E-state index contributed by atoms with van der Waals surface area (Å²) in [6, 6.07) is 14.7. The van der Waals surface area contributed by atoms with Gasteiger partial charge in [0.05, 0.1) is 10.0 Å². The fraction of sp³-hybridized carbons (Fsp3) is 0.133. The molecule has 1 N–H and O–H groups in total. The molecule has 0 aliphatic carbocycles. The monoisotopic (exact) mass is 326 g/mol. The van der Waals surface area contributed by atoms with Crippen molar-refractivity contribution in [2.45, 2.75) is 16.6 Å². The predicted molar refractivity (Wildman–Crippen MR) is 83.9 cm³/mol. The number of carboxylic acids is 1. The van der Waals surface area contributed by atoms with Gasteiger partial charge in [0, 0.05) is 4.90 Å². The molecular formula is C15H12Cl2O2S. The molecule has 0 saturated carbocycles. The summed E-state index contributed by atoms with van der Waals surface area (Å²) in [5.74, 6) is -0.843. The average Bonchev–Trinajstić information content (AvgIpc) is 2.43. The van der Waals surface area contributed by atoms with E-state index in [9.17, 15) is 9.90 Å². The molecule has 0 radical (unpaired) electrons. The SMILES string of the molecule is O=C(O)C(Cc1ccc(Cl)c(Cl)c1)Sc1ccccc1. The normalized spacial score (nSPS) is 12.1. The maximum Gasteiger partial charge on any atom is 0.317 e. The summed E-state index contributed by atoms with van der Waals surface area (Å²) in [6.45, 7) is 0. The van der Waals surface area contributed by atoms with Crippen LogP contribution in [-0.4, -0.2) is 16.3 Å². The van der Waals surface area contributed by atoms with Crippen molar-refractivity contribution in [1.29, 1.82) is 0 Å². The van der Waals surface area contributed by atoms with Crippen LogP contribution in [-0.2, 0) is 11.2 Å². The maximum absolute atomic E-state index is 11.4.